The Balaban J connectivity index is 2.21. The monoisotopic (exact) mass is 307 g/mol. The maximum atomic E-state index is 11.2. The van der Waals surface area contributed by atoms with Crippen LogP contribution in [0, 0.1) is 10.1 Å². The Morgan fingerprint density at radius 3 is 2.38 bits per heavy atom. The molecule has 2 rings (SSSR count). The first-order chi connectivity index (χ1) is 10.1. The first-order valence-corrected chi connectivity index (χ1v) is 6.71. The molecule has 0 aliphatic heterocycles. The number of nitro groups is 1. The van der Waals surface area contributed by atoms with Crippen LogP contribution >= 0.6 is 11.6 Å². The van der Waals surface area contributed by atoms with Gasteiger partial charge < -0.3 is 10.6 Å². The van der Waals surface area contributed by atoms with Crippen molar-refractivity contribution in [2.45, 2.75) is 13.5 Å². The number of hydrogen-bond donors (Lipinski definition) is 2. The second-order valence-electron chi connectivity index (χ2n) is 4.19. The van der Waals surface area contributed by atoms with Gasteiger partial charge in [-0.15, -0.1) is 0 Å². The lowest BCUT2D eigenvalue weighted by molar-refractivity contribution is -0.383. The third-order valence-corrected chi connectivity index (χ3v) is 2.97. The molecular weight excluding hydrogens is 294 g/mol. The van der Waals surface area contributed by atoms with Gasteiger partial charge in [-0.3, -0.25) is 10.1 Å². The van der Waals surface area contributed by atoms with E-state index in [1.165, 1.54) is 6.33 Å². The summed E-state index contributed by atoms with van der Waals surface area (Å²) in [4.78, 5) is 18.5. The van der Waals surface area contributed by atoms with Gasteiger partial charge in [-0.2, -0.15) is 0 Å². The molecule has 1 aromatic carbocycles. The summed E-state index contributed by atoms with van der Waals surface area (Å²) in [5, 5.41) is 17.6. The summed E-state index contributed by atoms with van der Waals surface area (Å²) in [7, 11) is 0. The average molecular weight is 308 g/mol. The first-order valence-electron chi connectivity index (χ1n) is 6.33. The highest BCUT2D eigenvalue weighted by Crippen LogP contribution is 2.28. The van der Waals surface area contributed by atoms with Crippen LogP contribution in [0.25, 0.3) is 0 Å². The largest absolute Gasteiger partial charge is 0.364 e. The van der Waals surface area contributed by atoms with Crippen molar-refractivity contribution in [2.75, 3.05) is 17.2 Å². The molecule has 0 aliphatic rings. The average Bonchev–Trinajstić information content (AvgIpc) is 2.47. The van der Waals surface area contributed by atoms with E-state index < -0.39 is 4.92 Å². The SMILES string of the molecule is CCNc1ncnc(NCc2ccc(Cl)cc2)c1[N+](=O)[O-]. The van der Waals surface area contributed by atoms with Crippen LogP contribution < -0.4 is 10.6 Å². The zero-order valence-corrected chi connectivity index (χ0v) is 12.1. The zero-order valence-electron chi connectivity index (χ0n) is 11.3. The number of nitrogens with one attached hydrogen (secondary N) is 2. The molecule has 0 amide bonds. The van der Waals surface area contributed by atoms with Crippen molar-refractivity contribution in [1.29, 1.82) is 0 Å². The summed E-state index contributed by atoms with van der Waals surface area (Å²) in [5.74, 6) is 0.386. The van der Waals surface area contributed by atoms with E-state index in [1.54, 1.807) is 12.1 Å². The summed E-state index contributed by atoms with van der Waals surface area (Å²) in [6.07, 6.45) is 1.29. The number of nitrogens with zero attached hydrogens (tertiary/aromatic N) is 3. The molecule has 1 heterocycles. The lowest BCUT2D eigenvalue weighted by Gasteiger charge is -2.09. The molecule has 7 nitrogen and oxygen atoms in total. The molecule has 0 saturated carbocycles. The highest BCUT2D eigenvalue weighted by molar-refractivity contribution is 6.30. The van der Waals surface area contributed by atoms with E-state index in [4.69, 9.17) is 11.6 Å². The molecule has 2 aromatic rings. The van der Waals surface area contributed by atoms with Gasteiger partial charge in [0.1, 0.15) is 6.33 Å². The van der Waals surface area contributed by atoms with Crippen molar-refractivity contribution >= 4 is 28.9 Å². The summed E-state index contributed by atoms with van der Waals surface area (Å²) in [6.45, 7) is 2.78. The molecule has 2 N–H and O–H groups in total. The lowest BCUT2D eigenvalue weighted by Crippen LogP contribution is -2.09. The Kier molecular flexibility index (Phi) is 4.89. The molecule has 0 saturated heterocycles. The molecule has 0 unspecified atom stereocenters. The van der Waals surface area contributed by atoms with Gasteiger partial charge in [-0.05, 0) is 24.6 Å². The van der Waals surface area contributed by atoms with Crippen molar-refractivity contribution in [3.05, 3.63) is 51.3 Å². The molecule has 0 spiro atoms. The van der Waals surface area contributed by atoms with E-state index in [0.29, 0.717) is 18.1 Å². The maximum Gasteiger partial charge on any atom is 0.353 e. The number of anilines is 2. The van der Waals surface area contributed by atoms with Crippen LogP contribution in [-0.2, 0) is 6.54 Å². The number of benzene rings is 1. The normalized spacial score (nSPS) is 10.2. The fourth-order valence-electron chi connectivity index (χ4n) is 1.77. The smallest absolute Gasteiger partial charge is 0.353 e. The van der Waals surface area contributed by atoms with Gasteiger partial charge in [0.2, 0.25) is 11.6 Å². The minimum absolute atomic E-state index is 0.159. The molecule has 0 radical (unpaired) electrons. The van der Waals surface area contributed by atoms with E-state index >= 15 is 0 Å². The molecule has 110 valence electrons. The van der Waals surface area contributed by atoms with Crippen LogP contribution in [0.5, 0.6) is 0 Å². The molecule has 1 aromatic heterocycles. The Morgan fingerprint density at radius 1 is 1.19 bits per heavy atom. The molecule has 21 heavy (non-hydrogen) atoms. The number of rotatable bonds is 6. The van der Waals surface area contributed by atoms with E-state index in [0.717, 1.165) is 5.56 Å². The topological polar surface area (TPSA) is 93.0 Å². The third-order valence-electron chi connectivity index (χ3n) is 2.72. The van der Waals surface area contributed by atoms with Crippen molar-refractivity contribution in [3.8, 4) is 0 Å². The Bertz CT molecular complexity index is 633. The van der Waals surface area contributed by atoms with Crippen LogP contribution in [0.15, 0.2) is 30.6 Å². The number of halogens is 1. The highest BCUT2D eigenvalue weighted by atomic mass is 35.5. The minimum Gasteiger partial charge on any atom is -0.364 e. The van der Waals surface area contributed by atoms with Gasteiger partial charge in [0.25, 0.3) is 0 Å². The summed E-state index contributed by atoms with van der Waals surface area (Å²) in [6, 6.07) is 7.20. The minimum atomic E-state index is -0.498. The van der Waals surface area contributed by atoms with Crippen molar-refractivity contribution < 1.29 is 4.92 Å². The standard InChI is InChI=1S/C13H14ClN5O2/c1-2-15-12-11(19(20)21)13(18-8-17-12)16-7-9-3-5-10(14)6-4-9/h3-6,8H,2,7H2,1H3,(H2,15,16,17,18). The molecule has 0 atom stereocenters. The van der Waals surface area contributed by atoms with Crippen LogP contribution in [0.2, 0.25) is 5.02 Å². The summed E-state index contributed by atoms with van der Waals surface area (Å²) in [5.41, 5.74) is 0.783. The van der Waals surface area contributed by atoms with Crippen molar-refractivity contribution in [2.24, 2.45) is 0 Å². The molecule has 8 heteroatoms. The second kappa shape index (κ2) is 6.85. The highest BCUT2D eigenvalue weighted by Gasteiger charge is 2.22. The maximum absolute atomic E-state index is 11.2. The van der Waals surface area contributed by atoms with Gasteiger partial charge in [0.05, 0.1) is 4.92 Å². The van der Waals surface area contributed by atoms with Crippen molar-refractivity contribution in [1.82, 2.24) is 9.97 Å². The predicted octanol–water partition coefficient (Wildman–Crippen LogP) is 3.08. The predicted molar refractivity (Wildman–Crippen MR) is 81.6 cm³/mol. The quantitative estimate of drug-likeness (QED) is 0.629. The Labute approximate surface area is 126 Å². The first kappa shape index (κ1) is 15.0. The van der Waals surface area contributed by atoms with E-state index in [2.05, 4.69) is 20.6 Å². The van der Waals surface area contributed by atoms with E-state index in [9.17, 15) is 10.1 Å². The van der Waals surface area contributed by atoms with Gasteiger partial charge in [-0.25, -0.2) is 9.97 Å². The van der Waals surface area contributed by atoms with Crippen LogP contribution in [-0.4, -0.2) is 21.4 Å². The number of aromatic nitrogens is 2. The molecule has 0 bridgehead atoms. The van der Waals surface area contributed by atoms with E-state index in [1.807, 2.05) is 19.1 Å². The Hall–Kier alpha value is -2.41. The summed E-state index contributed by atoms with van der Waals surface area (Å²) < 4.78 is 0. The van der Waals surface area contributed by atoms with Crippen LogP contribution in [0.3, 0.4) is 0 Å². The van der Waals surface area contributed by atoms with E-state index in [-0.39, 0.29) is 17.3 Å². The van der Waals surface area contributed by atoms with Gasteiger partial charge in [0.15, 0.2) is 0 Å². The fourth-order valence-corrected chi connectivity index (χ4v) is 1.89. The second-order valence-corrected chi connectivity index (χ2v) is 4.62. The van der Waals surface area contributed by atoms with Crippen molar-refractivity contribution in [3.63, 3.8) is 0 Å². The van der Waals surface area contributed by atoms with Gasteiger partial charge in [-0.1, -0.05) is 23.7 Å². The molecule has 0 fully saturated rings. The molecule has 0 aliphatic carbocycles. The Morgan fingerprint density at radius 2 is 1.81 bits per heavy atom. The third kappa shape index (κ3) is 3.79. The zero-order chi connectivity index (χ0) is 15.2. The van der Waals surface area contributed by atoms with Gasteiger partial charge >= 0.3 is 5.69 Å². The number of hydrogen-bond acceptors (Lipinski definition) is 6. The summed E-state index contributed by atoms with van der Waals surface area (Å²) >= 11 is 5.81. The molecular formula is C13H14ClN5O2. The van der Waals surface area contributed by atoms with Crippen LogP contribution in [0.1, 0.15) is 12.5 Å². The van der Waals surface area contributed by atoms with Crippen LogP contribution in [0.4, 0.5) is 17.3 Å². The fraction of sp³-hybridized carbons (Fsp3) is 0.231. The lowest BCUT2D eigenvalue weighted by atomic mass is 10.2. The van der Waals surface area contributed by atoms with Gasteiger partial charge in [0, 0.05) is 18.1 Å².